The molecule has 0 aromatic carbocycles. The minimum Gasteiger partial charge on any atom is -0.459 e. The van der Waals surface area contributed by atoms with Gasteiger partial charge in [-0.05, 0) is 43.5 Å². The first-order valence-corrected chi connectivity index (χ1v) is 9.31. The van der Waals surface area contributed by atoms with Crippen LogP contribution >= 0.6 is 0 Å². The molecule has 1 N–H and O–H groups in total. The zero-order valence-electron chi connectivity index (χ0n) is 15.3. The van der Waals surface area contributed by atoms with Crippen LogP contribution < -0.4 is 11.0 Å². The van der Waals surface area contributed by atoms with Gasteiger partial charge in [0.25, 0.3) is 5.91 Å². The minimum atomic E-state index is -0.490. The van der Waals surface area contributed by atoms with E-state index in [-0.39, 0.29) is 23.3 Å². The summed E-state index contributed by atoms with van der Waals surface area (Å²) in [5.41, 5.74) is 0.391. The fraction of sp³-hybridized carbons (Fsp3) is 0.368. The summed E-state index contributed by atoms with van der Waals surface area (Å²) in [4.78, 5) is 38.8. The molecule has 0 spiro atoms. The zero-order valence-corrected chi connectivity index (χ0v) is 15.3. The third-order valence-corrected chi connectivity index (χ3v) is 4.88. The number of carbonyl (C=O) groups excluding carboxylic acids is 2. The summed E-state index contributed by atoms with van der Waals surface area (Å²) < 4.78 is 8.03. The predicted octanol–water partition coefficient (Wildman–Crippen LogP) is 0.900. The maximum absolute atomic E-state index is 12.5. The van der Waals surface area contributed by atoms with E-state index in [2.05, 4.69) is 10.4 Å². The molecule has 0 saturated carbocycles. The molecular formula is C19H21N5O4. The summed E-state index contributed by atoms with van der Waals surface area (Å²) in [7, 11) is 0. The van der Waals surface area contributed by atoms with Gasteiger partial charge in [0.15, 0.2) is 11.4 Å². The lowest BCUT2D eigenvalue weighted by molar-refractivity contribution is -0.124. The van der Waals surface area contributed by atoms with Gasteiger partial charge in [-0.3, -0.25) is 14.0 Å². The summed E-state index contributed by atoms with van der Waals surface area (Å²) in [6.45, 7) is 1.34. The average Bonchev–Trinajstić information content (AvgIpc) is 3.45. The number of furan rings is 1. The van der Waals surface area contributed by atoms with Crippen LogP contribution in [0, 0.1) is 0 Å². The fourth-order valence-electron chi connectivity index (χ4n) is 3.50. The van der Waals surface area contributed by atoms with E-state index in [1.165, 1.54) is 15.3 Å². The van der Waals surface area contributed by atoms with Crippen LogP contribution in [0.4, 0.5) is 0 Å². The van der Waals surface area contributed by atoms with Crippen LogP contribution in [0.15, 0.2) is 52.0 Å². The first kappa shape index (κ1) is 18.0. The first-order valence-electron chi connectivity index (χ1n) is 9.31. The molecule has 1 fully saturated rings. The molecule has 1 unspecified atom stereocenters. The molecule has 9 nitrogen and oxygen atoms in total. The molecule has 2 amide bonds. The molecule has 0 aliphatic carbocycles. The predicted molar refractivity (Wildman–Crippen MR) is 99.8 cm³/mol. The van der Waals surface area contributed by atoms with Crippen LogP contribution in [0.1, 0.15) is 29.8 Å². The van der Waals surface area contributed by atoms with Crippen LogP contribution in [-0.2, 0) is 11.3 Å². The van der Waals surface area contributed by atoms with Crippen molar-refractivity contribution in [2.75, 3.05) is 13.1 Å². The monoisotopic (exact) mass is 383 g/mol. The van der Waals surface area contributed by atoms with Gasteiger partial charge in [-0.25, -0.2) is 9.48 Å². The third-order valence-electron chi connectivity index (χ3n) is 4.88. The molecule has 0 radical (unpaired) electrons. The molecule has 4 heterocycles. The zero-order chi connectivity index (χ0) is 19.5. The van der Waals surface area contributed by atoms with Gasteiger partial charge in [-0.2, -0.15) is 0 Å². The van der Waals surface area contributed by atoms with Gasteiger partial charge in [-0.15, -0.1) is 5.10 Å². The van der Waals surface area contributed by atoms with Crippen LogP contribution in [0.3, 0.4) is 0 Å². The second-order valence-electron chi connectivity index (χ2n) is 6.71. The summed E-state index contributed by atoms with van der Waals surface area (Å²) in [6.07, 6.45) is 5.09. The highest BCUT2D eigenvalue weighted by Gasteiger charge is 2.35. The smallest absolute Gasteiger partial charge is 0.350 e. The number of aryl methyl sites for hydroxylation is 1. The number of hydrogen-bond acceptors (Lipinski definition) is 5. The summed E-state index contributed by atoms with van der Waals surface area (Å²) in [6, 6.07) is 8.13. The topological polar surface area (TPSA) is 102 Å². The van der Waals surface area contributed by atoms with Crippen molar-refractivity contribution in [3.8, 4) is 0 Å². The van der Waals surface area contributed by atoms with E-state index >= 15 is 0 Å². The molecule has 3 aromatic rings. The van der Waals surface area contributed by atoms with Gasteiger partial charge < -0.3 is 14.6 Å². The van der Waals surface area contributed by atoms with Crippen molar-refractivity contribution in [1.82, 2.24) is 24.4 Å². The molecular weight excluding hydrogens is 362 g/mol. The van der Waals surface area contributed by atoms with Crippen molar-refractivity contribution in [2.45, 2.75) is 31.8 Å². The average molecular weight is 383 g/mol. The Kier molecular flexibility index (Phi) is 4.96. The summed E-state index contributed by atoms with van der Waals surface area (Å²) in [5, 5.41) is 7.13. The first-order chi connectivity index (χ1) is 13.6. The lowest BCUT2D eigenvalue weighted by atomic mass is 10.2. The van der Waals surface area contributed by atoms with Crippen LogP contribution in [0.2, 0.25) is 0 Å². The molecule has 4 rings (SSSR count). The van der Waals surface area contributed by atoms with Gasteiger partial charge in [-0.1, -0.05) is 6.07 Å². The Bertz CT molecular complexity index is 1040. The Hall–Kier alpha value is -3.36. The molecule has 9 heteroatoms. The molecule has 0 bridgehead atoms. The number of rotatable bonds is 6. The van der Waals surface area contributed by atoms with Crippen molar-refractivity contribution in [1.29, 1.82) is 0 Å². The highest BCUT2D eigenvalue weighted by molar-refractivity contribution is 5.95. The van der Waals surface area contributed by atoms with Crippen LogP contribution in [0.5, 0.6) is 0 Å². The van der Waals surface area contributed by atoms with E-state index in [0.717, 1.165) is 6.42 Å². The second-order valence-corrected chi connectivity index (χ2v) is 6.71. The van der Waals surface area contributed by atoms with E-state index in [4.69, 9.17) is 4.42 Å². The lowest BCUT2D eigenvalue weighted by Gasteiger charge is -2.23. The molecule has 1 saturated heterocycles. The SMILES string of the molecule is O=C(NCCCn1nc2ccccn2c1=O)C1CCCN1C(=O)c1ccco1. The highest BCUT2D eigenvalue weighted by Crippen LogP contribution is 2.20. The normalized spacial score (nSPS) is 16.6. The number of amides is 2. The minimum absolute atomic E-state index is 0.181. The fourth-order valence-corrected chi connectivity index (χ4v) is 3.50. The number of pyridine rings is 1. The van der Waals surface area contributed by atoms with Crippen molar-refractivity contribution in [3.63, 3.8) is 0 Å². The van der Waals surface area contributed by atoms with Crippen molar-refractivity contribution in [2.24, 2.45) is 0 Å². The molecule has 3 aromatic heterocycles. The van der Waals surface area contributed by atoms with E-state index in [0.29, 0.717) is 38.1 Å². The Balaban J connectivity index is 1.31. The quantitative estimate of drug-likeness (QED) is 0.637. The van der Waals surface area contributed by atoms with Crippen molar-refractivity contribution < 1.29 is 14.0 Å². The Labute approximate surface area is 160 Å². The van der Waals surface area contributed by atoms with Crippen molar-refractivity contribution in [3.05, 3.63) is 59.0 Å². The van der Waals surface area contributed by atoms with Crippen LogP contribution in [-0.4, -0.2) is 50.0 Å². The van der Waals surface area contributed by atoms with Gasteiger partial charge in [0.05, 0.1) is 6.26 Å². The molecule has 1 aliphatic rings. The largest absolute Gasteiger partial charge is 0.459 e. The van der Waals surface area contributed by atoms with Gasteiger partial charge >= 0.3 is 5.69 Å². The van der Waals surface area contributed by atoms with E-state index < -0.39 is 6.04 Å². The highest BCUT2D eigenvalue weighted by atomic mass is 16.3. The number of nitrogens with zero attached hydrogens (tertiary/aromatic N) is 4. The second kappa shape index (κ2) is 7.71. The van der Waals surface area contributed by atoms with Crippen LogP contribution in [0.25, 0.3) is 5.65 Å². The Morgan fingerprint density at radius 1 is 1.25 bits per heavy atom. The van der Waals surface area contributed by atoms with E-state index in [1.807, 2.05) is 6.07 Å². The third kappa shape index (κ3) is 3.42. The Morgan fingerprint density at radius 3 is 2.93 bits per heavy atom. The van der Waals surface area contributed by atoms with Crippen molar-refractivity contribution >= 4 is 17.5 Å². The number of likely N-dealkylation sites (tertiary alicyclic amines) is 1. The maximum atomic E-state index is 12.5. The van der Waals surface area contributed by atoms with E-state index in [1.54, 1.807) is 35.4 Å². The van der Waals surface area contributed by atoms with Gasteiger partial charge in [0.2, 0.25) is 5.91 Å². The molecule has 28 heavy (non-hydrogen) atoms. The number of fused-ring (bicyclic) bond motifs is 1. The summed E-state index contributed by atoms with van der Waals surface area (Å²) >= 11 is 0. The number of hydrogen-bond donors (Lipinski definition) is 1. The molecule has 146 valence electrons. The van der Waals surface area contributed by atoms with Gasteiger partial charge in [0.1, 0.15) is 6.04 Å². The Morgan fingerprint density at radius 2 is 2.14 bits per heavy atom. The number of nitrogens with one attached hydrogen (secondary N) is 1. The maximum Gasteiger partial charge on any atom is 0.350 e. The standard InChI is InChI=1S/C19H21N5O4/c25-17(14-6-3-11-22(14)18(26)15-7-4-13-28-15)20-9-5-12-24-19(27)23-10-2-1-8-16(23)21-24/h1-2,4,7-8,10,13-14H,3,5-6,9,11-12H2,(H,20,25). The summed E-state index contributed by atoms with van der Waals surface area (Å²) in [5.74, 6) is -0.204. The van der Waals surface area contributed by atoms with E-state index in [9.17, 15) is 14.4 Å². The molecule has 1 atom stereocenters. The van der Waals surface area contributed by atoms with Gasteiger partial charge in [0, 0.05) is 25.8 Å². The lowest BCUT2D eigenvalue weighted by Crippen LogP contribution is -2.46. The number of aromatic nitrogens is 3. The number of carbonyl (C=O) groups is 2. The molecule has 1 aliphatic heterocycles.